The van der Waals surface area contributed by atoms with Crippen LogP contribution >= 0.6 is 22.7 Å². The van der Waals surface area contributed by atoms with Crippen LogP contribution in [0.5, 0.6) is 0 Å². The third kappa shape index (κ3) is 5.11. The summed E-state index contributed by atoms with van der Waals surface area (Å²) in [7, 11) is 0. The van der Waals surface area contributed by atoms with Gasteiger partial charge in [0.05, 0.1) is 11.1 Å². The van der Waals surface area contributed by atoms with E-state index in [1.165, 1.54) is 84.1 Å². The molecule has 280 valence electrons. The summed E-state index contributed by atoms with van der Waals surface area (Å²) in [6.07, 6.45) is 0. The Hall–Kier alpha value is -7.24. The maximum absolute atomic E-state index is 6.46. The second-order valence-electron chi connectivity index (χ2n) is 15.6. The van der Waals surface area contributed by atoms with E-state index in [1.54, 1.807) is 0 Å². The fourth-order valence-electron chi connectivity index (χ4n) is 9.49. The summed E-state index contributed by atoms with van der Waals surface area (Å²) in [5.74, 6) is 0. The highest BCUT2D eigenvalue weighted by molar-refractivity contribution is 7.29. The molecule has 0 aliphatic heterocycles. The van der Waals surface area contributed by atoms with Crippen LogP contribution in [-0.4, -0.2) is 0 Å². The molecule has 13 rings (SSSR count). The van der Waals surface area contributed by atoms with Crippen LogP contribution < -0.4 is 4.90 Å². The third-order valence-electron chi connectivity index (χ3n) is 12.2. The molecule has 0 saturated carbocycles. The van der Waals surface area contributed by atoms with Crippen LogP contribution in [0.3, 0.4) is 0 Å². The summed E-state index contributed by atoms with van der Waals surface area (Å²) in [6, 6.07) is 73.1. The first-order valence-electron chi connectivity index (χ1n) is 20.3. The van der Waals surface area contributed by atoms with Gasteiger partial charge in [-0.3, -0.25) is 0 Å². The molecule has 0 atom stereocenters. The van der Waals surface area contributed by atoms with E-state index in [4.69, 9.17) is 4.42 Å². The molecule has 0 amide bonds. The minimum Gasteiger partial charge on any atom is -0.456 e. The third-order valence-corrected chi connectivity index (χ3v) is 14.6. The summed E-state index contributed by atoms with van der Waals surface area (Å²) in [6.45, 7) is 0. The Morgan fingerprint density at radius 3 is 1.97 bits per heavy atom. The summed E-state index contributed by atoms with van der Waals surface area (Å²) in [4.78, 5) is 2.40. The van der Waals surface area contributed by atoms with Crippen LogP contribution in [0, 0.1) is 0 Å². The molecular weight excluding hydrogens is 767 g/mol. The standard InChI is InChI=1S/C56H33NOS2/c1-2-13-41-35(10-1)22-23-36-24-25-37(33-46(36)41)34-26-28-39(29-27-34)57(47-17-9-19-49-53(47)45-15-3-5-18-48(45)58-49)40-12-7-11-38(32-40)42-16-8-21-51-54(42)55-52(59-51)31-30-44-43-14-4-6-20-50(43)60-56(44)55/h1-33H. The minimum absolute atomic E-state index is 0.872. The number of benzene rings is 10. The lowest BCUT2D eigenvalue weighted by Crippen LogP contribution is -2.10. The number of hydrogen-bond acceptors (Lipinski definition) is 4. The maximum Gasteiger partial charge on any atom is 0.137 e. The second-order valence-corrected chi connectivity index (χ2v) is 17.7. The van der Waals surface area contributed by atoms with Gasteiger partial charge in [0.1, 0.15) is 11.2 Å². The summed E-state index contributed by atoms with van der Waals surface area (Å²) in [5.41, 5.74) is 9.80. The molecule has 60 heavy (non-hydrogen) atoms. The van der Waals surface area contributed by atoms with Gasteiger partial charge >= 0.3 is 0 Å². The number of anilines is 3. The van der Waals surface area contributed by atoms with E-state index in [2.05, 4.69) is 199 Å². The number of nitrogens with zero attached hydrogens (tertiary/aromatic N) is 1. The van der Waals surface area contributed by atoms with Gasteiger partial charge in [-0.25, -0.2) is 0 Å². The van der Waals surface area contributed by atoms with Gasteiger partial charge in [0.15, 0.2) is 0 Å². The highest BCUT2D eigenvalue weighted by Gasteiger charge is 2.21. The van der Waals surface area contributed by atoms with E-state index in [1.807, 2.05) is 28.7 Å². The first-order valence-corrected chi connectivity index (χ1v) is 22.0. The molecule has 0 aliphatic rings. The van der Waals surface area contributed by atoms with E-state index in [-0.39, 0.29) is 0 Å². The Morgan fingerprint density at radius 2 is 1.05 bits per heavy atom. The fraction of sp³-hybridized carbons (Fsp3) is 0. The van der Waals surface area contributed by atoms with Crippen molar-refractivity contribution in [1.82, 2.24) is 0 Å². The molecule has 0 spiro atoms. The van der Waals surface area contributed by atoms with Crippen LogP contribution in [0.15, 0.2) is 205 Å². The number of para-hydroxylation sites is 1. The number of hydrogen-bond donors (Lipinski definition) is 0. The van der Waals surface area contributed by atoms with Crippen molar-refractivity contribution in [2.45, 2.75) is 0 Å². The number of thiophene rings is 2. The number of furan rings is 1. The molecule has 0 fully saturated rings. The molecule has 0 bridgehead atoms. The number of rotatable bonds is 5. The average Bonchev–Trinajstić information content (AvgIpc) is 4.01. The first-order chi connectivity index (χ1) is 29.7. The van der Waals surface area contributed by atoms with Crippen molar-refractivity contribution < 1.29 is 4.42 Å². The molecule has 4 heteroatoms. The van der Waals surface area contributed by atoms with E-state index in [0.717, 1.165) is 39.0 Å². The minimum atomic E-state index is 0.872. The van der Waals surface area contributed by atoms with E-state index >= 15 is 0 Å². The Labute approximate surface area is 353 Å². The van der Waals surface area contributed by atoms with Crippen LogP contribution in [0.1, 0.15) is 0 Å². The molecule has 0 unspecified atom stereocenters. The quantitative estimate of drug-likeness (QED) is 0.161. The molecule has 3 heterocycles. The molecule has 10 aromatic carbocycles. The molecule has 0 N–H and O–H groups in total. The normalized spacial score (nSPS) is 12.0. The molecule has 0 radical (unpaired) electrons. The highest BCUT2D eigenvalue weighted by Crippen LogP contribution is 2.49. The van der Waals surface area contributed by atoms with Crippen molar-refractivity contribution in [3.05, 3.63) is 200 Å². The second kappa shape index (κ2) is 13.1. The van der Waals surface area contributed by atoms with Crippen molar-refractivity contribution in [2.24, 2.45) is 0 Å². The van der Waals surface area contributed by atoms with Crippen molar-refractivity contribution in [1.29, 1.82) is 0 Å². The Bertz CT molecular complexity index is 3850. The van der Waals surface area contributed by atoms with Gasteiger partial charge in [-0.05, 0) is 111 Å². The van der Waals surface area contributed by atoms with Gasteiger partial charge < -0.3 is 9.32 Å². The topological polar surface area (TPSA) is 16.4 Å². The highest BCUT2D eigenvalue weighted by atomic mass is 32.1. The van der Waals surface area contributed by atoms with Gasteiger partial charge in [0.2, 0.25) is 0 Å². The molecule has 2 nitrogen and oxygen atoms in total. The lowest BCUT2D eigenvalue weighted by atomic mass is 9.96. The van der Waals surface area contributed by atoms with Crippen LogP contribution in [0.2, 0.25) is 0 Å². The van der Waals surface area contributed by atoms with Gasteiger partial charge in [-0.2, -0.15) is 0 Å². The Morgan fingerprint density at radius 1 is 0.350 bits per heavy atom. The SMILES string of the molecule is c1cc(-c2cccc3sc4ccc5c6ccccc6sc5c4c23)cc(N(c2ccc(-c3ccc4ccc5ccccc5c4c3)cc2)c2cccc3oc4ccccc4c23)c1. The van der Waals surface area contributed by atoms with Crippen LogP contribution in [0.25, 0.3) is 106 Å². The van der Waals surface area contributed by atoms with E-state index in [9.17, 15) is 0 Å². The van der Waals surface area contributed by atoms with Crippen LogP contribution in [0.4, 0.5) is 17.1 Å². The predicted molar refractivity (Wildman–Crippen MR) is 260 cm³/mol. The van der Waals surface area contributed by atoms with Crippen molar-refractivity contribution in [3.8, 4) is 22.3 Å². The average molecular weight is 800 g/mol. The Kier molecular flexibility index (Phi) is 7.38. The summed E-state index contributed by atoms with van der Waals surface area (Å²) >= 11 is 3.80. The smallest absolute Gasteiger partial charge is 0.137 e. The molecule has 0 saturated heterocycles. The summed E-state index contributed by atoms with van der Waals surface area (Å²) < 4.78 is 11.8. The molecule has 0 aliphatic carbocycles. The predicted octanol–water partition coefficient (Wildman–Crippen LogP) is 17.4. The fourth-order valence-corrected chi connectivity index (χ4v) is 12.0. The monoisotopic (exact) mass is 799 g/mol. The molecular formula is C56H33NOS2. The number of fused-ring (bicyclic) bond motifs is 13. The van der Waals surface area contributed by atoms with Crippen molar-refractivity contribution in [2.75, 3.05) is 4.90 Å². The molecule has 3 aromatic heterocycles. The van der Waals surface area contributed by atoms with E-state index < -0.39 is 0 Å². The summed E-state index contributed by atoms with van der Waals surface area (Å²) in [5, 5.41) is 12.6. The van der Waals surface area contributed by atoms with Gasteiger partial charge in [0.25, 0.3) is 0 Å². The largest absolute Gasteiger partial charge is 0.456 e. The zero-order valence-electron chi connectivity index (χ0n) is 32.2. The Balaban J connectivity index is 1.00. The lowest BCUT2D eigenvalue weighted by molar-refractivity contribution is 0.669. The maximum atomic E-state index is 6.46. The van der Waals surface area contributed by atoms with Gasteiger partial charge in [-0.15, -0.1) is 22.7 Å². The lowest BCUT2D eigenvalue weighted by Gasteiger charge is -2.27. The van der Waals surface area contributed by atoms with Gasteiger partial charge in [0, 0.05) is 57.1 Å². The first kappa shape index (κ1) is 33.7. The van der Waals surface area contributed by atoms with Gasteiger partial charge in [-0.1, -0.05) is 133 Å². The van der Waals surface area contributed by atoms with E-state index in [0.29, 0.717) is 0 Å². The van der Waals surface area contributed by atoms with Crippen molar-refractivity contribution in [3.63, 3.8) is 0 Å². The zero-order valence-corrected chi connectivity index (χ0v) is 33.9. The van der Waals surface area contributed by atoms with Crippen molar-refractivity contribution >= 4 is 124 Å². The van der Waals surface area contributed by atoms with Crippen LogP contribution in [-0.2, 0) is 0 Å². The zero-order chi connectivity index (χ0) is 39.3. The molecule has 13 aromatic rings.